The van der Waals surface area contributed by atoms with E-state index in [2.05, 4.69) is 20.6 Å². The van der Waals surface area contributed by atoms with Crippen LogP contribution in [0.25, 0.3) is 11.0 Å². The summed E-state index contributed by atoms with van der Waals surface area (Å²) in [6, 6.07) is 14.3. The molecule has 4 rings (SSSR count). The van der Waals surface area contributed by atoms with E-state index in [-0.39, 0.29) is 5.75 Å². The van der Waals surface area contributed by atoms with Crippen LogP contribution in [0.4, 0.5) is 23.0 Å². The fraction of sp³-hybridized carbons (Fsp3) is 0.190. The number of nitrogens with zero attached hydrogens (tertiary/aromatic N) is 4. The number of rotatable bonds is 8. The Bertz CT molecular complexity index is 1160. The molecular formula is C21H22ClN7O. The van der Waals surface area contributed by atoms with Crippen LogP contribution in [0.5, 0.6) is 5.75 Å². The van der Waals surface area contributed by atoms with E-state index in [4.69, 9.17) is 22.4 Å². The maximum absolute atomic E-state index is 9.80. The highest BCUT2D eigenvalue weighted by molar-refractivity contribution is 6.30. The zero-order valence-corrected chi connectivity index (χ0v) is 17.0. The molecule has 0 bridgehead atoms. The summed E-state index contributed by atoms with van der Waals surface area (Å²) >= 11 is 6.12. The lowest BCUT2D eigenvalue weighted by molar-refractivity contribution is 0.475. The van der Waals surface area contributed by atoms with Crippen LogP contribution >= 0.6 is 11.6 Å². The Hall–Kier alpha value is -3.36. The van der Waals surface area contributed by atoms with E-state index < -0.39 is 0 Å². The molecule has 30 heavy (non-hydrogen) atoms. The monoisotopic (exact) mass is 423 g/mol. The Morgan fingerprint density at radius 3 is 2.50 bits per heavy atom. The van der Waals surface area contributed by atoms with Gasteiger partial charge in [0.05, 0.1) is 0 Å². The van der Waals surface area contributed by atoms with E-state index >= 15 is 0 Å². The topological polar surface area (TPSA) is 114 Å². The minimum atomic E-state index is 0.167. The molecule has 0 unspecified atom stereocenters. The largest absolute Gasteiger partial charge is 0.508 e. The van der Waals surface area contributed by atoms with E-state index in [0.29, 0.717) is 41.1 Å². The normalized spacial score (nSPS) is 11.0. The second-order valence-electron chi connectivity index (χ2n) is 6.80. The lowest BCUT2D eigenvalue weighted by atomic mass is 10.2. The van der Waals surface area contributed by atoms with Crippen molar-refractivity contribution >= 4 is 45.6 Å². The predicted octanol–water partition coefficient (Wildman–Crippen LogP) is 4.41. The molecule has 9 heteroatoms. The first-order valence-corrected chi connectivity index (χ1v) is 10.0. The maximum Gasteiger partial charge on any atom is 0.165 e. The molecular weight excluding hydrogens is 402 g/mol. The average Bonchev–Trinajstić information content (AvgIpc) is 3.07. The number of phenols is 1. The lowest BCUT2D eigenvalue weighted by Crippen LogP contribution is -2.05. The summed E-state index contributed by atoms with van der Waals surface area (Å²) in [4.78, 5) is 8.90. The first kappa shape index (κ1) is 19.9. The molecule has 5 N–H and O–H groups in total. The van der Waals surface area contributed by atoms with E-state index in [1.807, 2.05) is 35.0 Å². The zero-order chi connectivity index (χ0) is 20.9. The van der Waals surface area contributed by atoms with Crippen LogP contribution in [0.15, 0.2) is 54.9 Å². The van der Waals surface area contributed by atoms with Crippen LogP contribution in [0, 0.1) is 0 Å². The van der Waals surface area contributed by atoms with E-state index in [1.165, 1.54) is 6.33 Å². The molecule has 0 aliphatic heterocycles. The molecule has 0 amide bonds. The Morgan fingerprint density at radius 1 is 0.967 bits per heavy atom. The van der Waals surface area contributed by atoms with Gasteiger partial charge in [0.15, 0.2) is 11.5 Å². The summed E-state index contributed by atoms with van der Waals surface area (Å²) in [5.74, 6) is 1.36. The maximum atomic E-state index is 9.80. The molecule has 0 saturated heterocycles. The van der Waals surface area contributed by atoms with Gasteiger partial charge in [-0.25, -0.2) is 14.6 Å². The number of anilines is 4. The van der Waals surface area contributed by atoms with Crippen molar-refractivity contribution in [2.45, 2.75) is 19.4 Å². The minimum Gasteiger partial charge on any atom is -0.508 e. The van der Waals surface area contributed by atoms with Crippen LogP contribution in [0.2, 0.25) is 5.02 Å². The highest BCUT2D eigenvalue weighted by Gasteiger charge is 2.17. The van der Waals surface area contributed by atoms with Crippen molar-refractivity contribution < 1.29 is 5.11 Å². The molecule has 2 aromatic heterocycles. The second-order valence-corrected chi connectivity index (χ2v) is 7.24. The summed E-state index contributed by atoms with van der Waals surface area (Å²) in [5, 5.41) is 22.5. The van der Waals surface area contributed by atoms with Gasteiger partial charge >= 0.3 is 0 Å². The Kier molecular flexibility index (Phi) is 5.97. The van der Waals surface area contributed by atoms with Crippen LogP contribution in [-0.2, 0) is 6.54 Å². The molecule has 0 radical (unpaired) electrons. The third kappa shape index (κ3) is 4.45. The summed E-state index contributed by atoms with van der Waals surface area (Å²) in [7, 11) is 0. The fourth-order valence-electron chi connectivity index (χ4n) is 3.18. The number of nitrogens with two attached hydrogens (primary N) is 1. The third-order valence-corrected chi connectivity index (χ3v) is 4.78. The zero-order valence-electron chi connectivity index (χ0n) is 16.2. The first-order chi connectivity index (χ1) is 14.6. The number of halogens is 1. The standard InChI is InChI=1S/C21H22ClN7O/c22-14-5-3-6-15(11-14)26-19-18-20(27-16-7-4-8-17(30)12-16)28-29(10-2-1-9-23)21(18)25-13-24-19/h3-8,11-13,30H,1-2,9-10,23H2,(H,27,28)(H,24,25,26). The third-order valence-electron chi connectivity index (χ3n) is 4.55. The summed E-state index contributed by atoms with van der Waals surface area (Å²) in [6.45, 7) is 1.31. The molecule has 2 aromatic carbocycles. The highest BCUT2D eigenvalue weighted by atomic mass is 35.5. The molecule has 4 aromatic rings. The summed E-state index contributed by atoms with van der Waals surface area (Å²) < 4.78 is 1.85. The number of hydrogen-bond acceptors (Lipinski definition) is 7. The molecule has 0 atom stereocenters. The average molecular weight is 424 g/mol. The Balaban J connectivity index is 1.77. The van der Waals surface area contributed by atoms with Gasteiger partial charge in [0.25, 0.3) is 0 Å². The van der Waals surface area contributed by atoms with Gasteiger partial charge < -0.3 is 21.5 Å². The van der Waals surface area contributed by atoms with Crippen molar-refractivity contribution in [1.82, 2.24) is 19.7 Å². The fourth-order valence-corrected chi connectivity index (χ4v) is 3.37. The van der Waals surface area contributed by atoms with E-state index in [1.54, 1.807) is 18.2 Å². The molecule has 0 spiro atoms. The van der Waals surface area contributed by atoms with Crippen LogP contribution in [-0.4, -0.2) is 31.4 Å². The first-order valence-electron chi connectivity index (χ1n) is 9.64. The van der Waals surface area contributed by atoms with Crippen LogP contribution < -0.4 is 16.4 Å². The second kappa shape index (κ2) is 8.98. The van der Waals surface area contributed by atoms with Crippen molar-refractivity contribution in [1.29, 1.82) is 0 Å². The Morgan fingerprint density at radius 2 is 1.73 bits per heavy atom. The molecule has 154 valence electrons. The number of aryl methyl sites for hydroxylation is 1. The van der Waals surface area contributed by atoms with Crippen molar-refractivity contribution in [2.75, 3.05) is 17.2 Å². The molecule has 0 fully saturated rings. The SMILES string of the molecule is NCCCCn1nc(Nc2cccc(O)c2)c2c(Nc3cccc(Cl)c3)ncnc21. The highest BCUT2D eigenvalue weighted by Crippen LogP contribution is 2.32. The van der Waals surface area contributed by atoms with Crippen LogP contribution in [0.3, 0.4) is 0 Å². The number of aromatic hydroxyl groups is 1. The van der Waals surface area contributed by atoms with Crippen LogP contribution in [0.1, 0.15) is 12.8 Å². The predicted molar refractivity (Wildman–Crippen MR) is 120 cm³/mol. The van der Waals surface area contributed by atoms with Gasteiger partial charge in [0, 0.05) is 29.0 Å². The number of benzene rings is 2. The number of phenolic OH excluding ortho intramolecular Hbond substituents is 1. The Labute approximate surface area is 178 Å². The van der Waals surface area contributed by atoms with Gasteiger partial charge in [0.1, 0.15) is 23.3 Å². The van der Waals surface area contributed by atoms with Gasteiger partial charge in [-0.2, -0.15) is 5.10 Å². The number of fused-ring (bicyclic) bond motifs is 1. The van der Waals surface area contributed by atoms with E-state index in [0.717, 1.165) is 23.9 Å². The van der Waals surface area contributed by atoms with Crippen molar-refractivity contribution in [2.24, 2.45) is 5.73 Å². The molecule has 0 saturated carbocycles. The summed E-state index contributed by atoms with van der Waals surface area (Å²) in [6.07, 6.45) is 3.30. The number of unbranched alkanes of at least 4 members (excludes halogenated alkanes) is 1. The van der Waals surface area contributed by atoms with Crippen molar-refractivity contribution in [3.8, 4) is 5.75 Å². The minimum absolute atomic E-state index is 0.167. The molecule has 8 nitrogen and oxygen atoms in total. The number of hydrogen-bond donors (Lipinski definition) is 4. The quantitative estimate of drug-likeness (QED) is 0.310. The molecule has 0 aliphatic carbocycles. The van der Waals surface area contributed by atoms with Gasteiger partial charge in [-0.15, -0.1) is 0 Å². The van der Waals surface area contributed by atoms with Gasteiger partial charge in [0.2, 0.25) is 0 Å². The van der Waals surface area contributed by atoms with Crippen molar-refractivity contribution in [3.05, 3.63) is 59.9 Å². The smallest absolute Gasteiger partial charge is 0.165 e. The number of nitrogens with one attached hydrogen (secondary N) is 2. The summed E-state index contributed by atoms with van der Waals surface area (Å²) in [5.41, 5.74) is 7.86. The number of aromatic nitrogens is 4. The molecule has 0 aliphatic rings. The van der Waals surface area contributed by atoms with Gasteiger partial charge in [-0.3, -0.25) is 0 Å². The van der Waals surface area contributed by atoms with Gasteiger partial charge in [-0.05, 0) is 49.7 Å². The lowest BCUT2D eigenvalue weighted by Gasteiger charge is -2.09. The van der Waals surface area contributed by atoms with Crippen molar-refractivity contribution in [3.63, 3.8) is 0 Å². The van der Waals surface area contributed by atoms with Gasteiger partial charge in [-0.1, -0.05) is 23.7 Å². The van der Waals surface area contributed by atoms with E-state index in [9.17, 15) is 5.11 Å². The molecule has 2 heterocycles.